The van der Waals surface area contributed by atoms with Crippen molar-refractivity contribution in [2.75, 3.05) is 19.6 Å². The summed E-state index contributed by atoms with van der Waals surface area (Å²) in [5, 5.41) is 0. The number of aliphatic imine (C=N–C) groups is 1. The van der Waals surface area contributed by atoms with Crippen molar-refractivity contribution in [3.8, 4) is 5.75 Å². The summed E-state index contributed by atoms with van der Waals surface area (Å²) in [7, 11) is 0. The van der Waals surface area contributed by atoms with Crippen molar-refractivity contribution >= 4 is 17.8 Å². The molecule has 1 saturated heterocycles. The zero-order chi connectivity index (χ0) is 28.7. The van der Waals surface area contributed by atoms with E-state index in [0.717, 1.165) is 37.9 Å². The van der Waals surface area contributed by atoms with E-state index in [1.54, 1.807) is 0 Å². The molecule has 228 valence electrons. The van der Waals surface area contributed by atoms with Gasteiger partial charge in [0.1, 0.15) is 11.3 Å². The number of rotatable bonds is 7. The molecule has 0 aromatic heterocycles. The zero-order valence-electron chi connectivity index (χ0n) is 25.4. The Morgan fingerprint density at radius 1 is 0.881 bits per heavy atom. The molecule has 0 spiro atoms. The Morgan fingerprint density at radius 3 is 2.19 bits per heavy atom. The lowest BCUT2D eigenvalue weighted by molar-refractivity contribution is -0.141. The number of hydrogen-bond acceptors (Lipinski definition) is 5. The summed E-state index contributed by atoms with van der Waals surface area (Å²) < 4.78 is 6.31. The summed E-state index contributed by atoms with van der Waals surface area (Å²) in [4.78, 5) is 36.8. The highest BCUT2D eigenvalue weighted by molar-refractivity contribution is 6.06. The molecule has 6 aliphatic rings. The second-order valence-electron chi connectivity index (χ2n) is 14.6. The Balaban J connectivity index is 0.977. The quantitative estimate of drug-likeness (QED) is 0.432. The van der Waals surface area contributed by atoms with Crippen molar-refractivity contribution < 1.29 is 14.3 Å². The van der Waals surface area contributed by atoms with Gasteiger partial charge in [-0.2, -0.15) is 0 Å². The molecular weight excluding hydrogens is 524 g/mol. The second kappa shape index (κ2) is 11.8. The van der Waals surface area contributed by atoms with Gasteiger partial charge in [0.15, 0.2) is 12.1 Å². The van der Waals surface area contributed by atoms with Crippen LogP contribution in [0.5, 0.6) is 5.75 Å². The third-order valence-electron chi connectivity index (χ3n) is 11.6. The van der Waals surface area contributed by atoms with Crippen LogP contribution in [0.15, 0.2) is 29.3 Å². The molecule has 3 atom stereocenters. The fourth-order valence-corrected chi connectivity index (χ4v) is 9.15. The molecule has 3 aliphatic heterocycles. The standard InChI is InChI=1S/C35H50N4O3/c36-34-37-35(21-24-9-3-1-4-10-24,22-25-11-5-2-6-12-25)33(41)39(34)23-26-15-17-38(18-16-26)32(40)31-20-27-19-29(27)28-13-7-8-14-30(28)42-31/h7-8,13-14,24-27,29,31H,1-6,9-12,15-23H2,(H2,36,37). The largest absolute Gasteiger partial charge is 0.480 e. The molecule has 7 rings (SSSR count). The Morgan fingerprint density at radius 2 is 1.52 bits per heavy atom. The molecule has 1 aromatic carbocycles. The second-order valence-corrected chi connectivity index (χ2v) is 14.6. The molecule has 2 amide bonds. The van der Waals surface area contributed by atoms with Crippen molar-refractivity contribution in [2.24, 2.45) is 34.4 Å². The van der Waals surface area contributed by atoms with Gasteiger partial charge in [-0.3, -0.25) is 14.5 Å². The summed E-state index contributed by atoms with van der Waals surface area (Å²) in [6.07, 6.45) is 17.7. The van der Waals surface area contributed by atoms with E-state index in [-0.39, 0.29) is 17.9 Å². The molecule has 0 radical (unpaired) electrons. The maximum absolute atomic E-state index is 14.3. The Hall–Kier alpha value is -2.57. The first-order valence-corrected chi connectivity index (χ1v) is 17.2. The lowest BCUT2D eigenvalue weighted by atomic mass is 9.73. The van der Waals surface area contributed by atoms with Crippen molar-refractivity contribution in [1.82, 2.24) is 9.80 Å². The van der Waals surface area contributed by atoms with Crippen LogP contribution in [0.3, 0.4) is 0 Å². The number of fused-ring (bicyclic) bond motifs is 3. The number of nitrogens with two attached hydrogens (primary N) is 1. The first-order chi connectivity index (χ1) is 20.5. The Labute approximate surface area is 251 Å². The minimum atomic E-state index is -0.654. The average Bonchev–Trinajstić information content (AvgIpc) is 3.76. The number of guanidine groups is 1. The smallest absolute Gasteiger partial charge is 0.263 e. The molecule has 7 heteroatoms. The lowest BCUT2D eigenvalue weighted by Crippen LogP contribution is -2.50. The molecule has 4 fully saturated rings. The van der Waals surface area contributed by atoms with Gasteiger partial charge in [0, 0.05) is 19.6 Å². The molecule has 3 heterocycles. The predicted octanol–water partition coefficient (Wildman–Crippen LogP) is 6.02. The molecule has 1 aromatic rings. The minimum Gasteiger partial charge on any atom is -0.480 e. The highest BCUT2D eigenvalue weighted by atomic mass is 16.5. The van der Waals surface area contributed by atoms with E-state index in [1.807, 2.05) is 21.9 Å². The summed E-state index contributed by atoms with van der Waals surface area (Å²) in [5.74, 6) is 4.24. The highest BCUT2D eigenvalue weighted by Crippen LogP contribution is 2.55. The van der Waals surface area contributed by atoms with Gasteiger partial charge in [0.2, 0.25) is 0 Å². The zero-order valence-corrected chi connectivity index (χ0v) is 25.4. The van der Waals surface area contributed by atoms with Crippen LogP contribution >= 0.6 is 0 Å². The van der Waals surface area contributed by atoms with Gasteiger partial charge >= 0.3 is 0 Å². The third kappa shape index (κ3) is 5.69. The fourth-order valence-electron chi connectivity index (χ4n) is 9.15. The number of likely N-dealkylation sites (tertiary alicyclic amines) is 1. The average molecular weight is 575 g/mol. The monoisotopic (exact) mass is 574 g/mol. The van der Waals surface area contributed by atoms with Crippen LogP contribution in [0.1, 0.15) is 114 Å². The van der Waals surface area contributed by atoms with Crippen LogP contribution in [0.4, 0.5) is 0 Å². The van der Waals surface area contributed by atoms with Gasteiger partial charge in [0.25, 0.3) is 11.8 Å². The van der Waals surface area contributed by atoms with Gasteiger partial charge in [-0.1, -0.05) is 82.4 Å². The number of para-hydroxylation sites is 1. The van der Waals surface area contributed by atoms with Crippen molar-refractivity contribution in [3.63, 3.8) is 0 Å². The molecular formula is C35H50N4O3. The van der Waals surface area contributed by atoms with Crippen LogP contribution in [0, 0.1) is 23.7 Å². The van der Waals surface area contributed by atoms with Crippen LogP contribution in [0.25, 0.3) is 0 Å². The Kier molecular flexibility index (Phi) is 7.95. The van der Waals surface area contributed by atoms with Gasteiger partial charge < -0.3 is 15.4 Å². The molecule has 3 saturated carbocycles. The first kappa shape index (κ1) is 28.2. The maximum Gasteiger partial charge on any atom is 0.263 e. The lowest BCUT2D eigenvalue weighted by Gasteiger charge is -2.37. The molecule has 0 bridgehead atoms. The number of carbonyl (C=O) groups excluding carboxylic acids is 2. The Bertz CT molecular complexity index is 1160. The number of piperidine rings is 1. The predicted molar refractivity (Wildman–Crippen MR) is 164 cm³/mol. The van der Waals surface area contributed by atoms with Gasteiger partial charge in [-0.25, -0.2) is 4.99 Å². The molecule has 2 N–H and O–H groups in total. The fraction of sp³-hybridized carbons (Fsp3) is 0.743. The minimum absolute atomic E-state index is 0.133. The van der Waals surface area contributed by atoms with E-state index in [0.29, 0.717) is 55.2 Å². The van der Waals surface area contributed by atoms with E-state index in [1.165, 1.54) is 76.2 Å². The number of carbonyl (C=O) groups is 2. The number of amides is 2. The van der Waals surface area contributed by atoms with Gasteiger partial charge in [-0.05, 0) is 79.7 Å². The molecule has 3 unspecified atom stereocenters. The van der Waals surface area contributed by atoms with Crippen LogP contribution < -0.4 is 10.5 Å². The highest BCUT2D eigenvalue weighted by Gasteiger charge is 2.51. The summed E-state index contributed by atoms with van der Waals surface area (Å²) in [6.45, 7) is 2.06. The SMILES string of the molecule is NC1=NC(CC2CCCCC2)(CC2CCCCC2)C(=O)N1CC1CCN(C(=O)C2CC3CC3c3ccccc3O2)CC1. The van der Waals surface area contributed by atoms with Gasteiger partial charge in [0.05, 0.1) is 0 Å². The van der Waals surface area contributed by atoms with E-state index in [2.05, 4.69) is 12.1 Å². The van der Waals surface area contributed by atoms with Crippen molar-refractivity contribution in [1.29, 1.82) is 0 Å². The third-order valence-corrected chi connectivity index (χ3v) is 11.6. The van der Waals surface area contributed by atoms with E-state index in [9.17, 15) is 9.59 Å². The molecule has 3 aliphatic carbocycles. The van der Waals surface area contributed by atoms with Crippen LogP contribution in [-0.2, 0) is 9.59 Å². The van der Waals surface area contributed by atoms with E-state index < -0.39 is 5.54 Å². The number of nitrogens with zero attached hydrogens (tertiary/aromatic N) is 3. The first-order valence-electron chi connectivity index (χ1n) is 17.2. The van der Waals surface area contributed by atoms with Crippen molar-refractivity contribution in [2.45, 2.75) is 120 Å². The number of hydrogen-bond donors (Lipinski definition) is 1. The van der Waals surface area contributed by atoms with Crippen LogP contribution in [0.2, 0.25) is 0 Å². The number of ether oxygens (including phenoxy) is 1. The normalized spacial score (nSPS) is 30.2. The summed E-state index contributed by atoms with van der Waals surface area (Å²) in [5.41, 5.74) is 7.21. The molecule has 42 heavy (non-hydrogen) atoms. The van der Waals surface area contributed by atoms with E-state index in [4.69, 9.17) is 15.5 Å². The molecule has 7 nitrogen and oxygen atoms in total. The maximum atomic E-state index is 14.3. The summed E-state index contributed by atoms with van der Waals surface area (Å²) >= 11 is 0. The summed E-state index contributed by atoms with van der Waals surface area (Å²) in [6, 6.07) is 8.25. The van der Waals surface area contributed by atoms with Gasteiger partial charge in [-0.15, -0.1) is 0 Å². The van der Waals surface area contributed by atoms with Crippen LogP contribution in [-0.4, -0.2) is 58.9 Å². The van der Waals surface area contributed by atoms with Crippen molar-refractivity contribution in [3.05, 3.63) is 29.8 Å². The van der Waals surface area contributed by atoms with E-state index >= 15 is 0 Å². The topological polar surface area (TPSA) is 88.2 Å². The number of benzene rings is 1.